The Labute approximate surface area is 185 Å². The smallest absolute Gasteiger partial charge is 0.326 e. The molecule has 1 aliphatic heterocycles. The van der Waals surface area contributed by atoms with Crippen molar-refractivity contribution in [1.29, 1.82) is 0 Å². The number of benzene rings is 1. The molecule has 11 heteroatoms. The molecule has 1 heterocycles. The molecule has 1 aromatic carbocycles. The number of carboxylic acid groups (broad SMARTS) is 1. The Morgan fingerprint density at radius 1 is 1.12 bits per heavy atom. The van der Waals surface area contributed by atoms with E-state index in [0.29, 0.717) is 12.8 Å². The second kappa shape index (κ2) is 11.2. The van der Waals surface area contributed by atoms with Gasteiger partial charge in [0.1, 0.15) is 18.1 Å². The van der Waals surface area contributed by atoms with Crippen LogP contribution < -0.4 is 22.1 Å². The highest BCUT2D eigenvalue weighted by Gasteiger charge is 2.39. The summed E-state index contributed by atoms with van der Waals surface area (Å²) in [6.45, 7) is 1.64. The van der Waals surface area contributed by atoms with Gasteiger partial charge in [0.15, 0.2) is 0 Å². The quantitative estimate of drug-likeness (QED) is 0.289. The molecule has 4 atom stereocenters. The average molecular weight is 447 g/mol. The minimum atomic E-state index is -1.26. The zero-order valence-electron chi connectivity index (χ0n) is 17.8. The Kier molecular flexibility index (Phi) is 8.71. The number of carbonyl (C=O) groups excluding carboxylic acids is 4. The molecule has 0 aromatic heterocycles. The molecule has 7 N–H and O–H groups in total. The SMILES string of the molecule is CC(N)C(=O)NC(CC(N)=O)C(=O)N1CCCC1C(=O)NC(Cc1ccccc1)C(=O)O. The summed E-state index contributed by atoms with van der Waals surface area (Å²) < 4.78 is 0. The van der Waals surface area contributed by atoms with Gasteiger partial charge in [-0.15, -0.1) is 0 Å². The van der Waals surface area contributed by atoms with Crippen LogP contribution in [-0.2, 0) is 30.4 Å². The summed E-state index contributed by atoms with van der Waals surface area (Å²) in [5.74, 6) is -3.91. The van der Waals surface area contributed by atoms with Crippen molar-refractivity contribution in [2.45, 2.75) is 56.8 Å². The van der Waals surface area contributed by atoms with Crippen molar-refractivity contribution in [1.82, 2.24) is 15.5 Å². The third-order valence-corrected chi connectivity index (χ3v) is 5.17. The molecule has 1 aromatic rings. The first-order valence-electron chi connectivity index (χ1n) is 10.3. The van der Waals surface area contributed by atoms with E-state index in [-0.39, 0.29) is 13.0 Å². The predicted octanol–water partition coefficient (Wildman–Crippen LogP) is -1.50. The number of likely N-dealkylation sites (tertiary alicyclic amines) is 1. The van der Waals surface area contributed by atoms with E-state index < -0.39 is 60.2 Å². The number of carboxylic acids is 1. The molecule has 1 fully saturated rings. The van der Waals surface area contributed by atoms with Gasteiger partial charge in [0, 0.05) is 13.0 Å². The molecular formula is C21H29N5O6. The van der Waals surface area contributed by atoms with Crippen molar-refractivity contribution in [3.8, 4) is 0 Å². The van der Waals surface area contributed by atoms with E-state index in [1.807, 2.05) is 0 Å². The third-order valence-electron chi connectivity index (χ3n) is 5.17. The summed E-state index contributed by atoms with van der Waals surface area (Å²) in [6, 6.07) is 4.55. The summed E-state index contributed by atoms with van der Waals surface area (Å²) >= 11 is 0. The largest absolute Gasteiger partial charge is 0.480 e. The van der Waals surface area contributed by atoms with Crippen LogP contribution in [0.25, 0.3) is 0 Å². The van der Waals surface area contributed by atoms with Gasteiger partial charge in [-0.2, -0.15) is 0 Å². The lowest BCUT2D eigenvalue weighted by molar-refractivity contribution is -0.145. The van der Waals surface area contributed by atoms with Gasteiger partial charge in [0.2, 0.25) is 23.6 Å². The zero-order chi connectivity index (χ0) is 23.8. The molecule has 0 spiro atoms. The molecule has 1 saturated heterocycles. The van der Waals surface area contributed by atoms with Gasteiger partial charge in [0.25, 0.3) is 0 Å². The fourth-order valence-corrected chi connectivity index (χ4v) is 3.53. The number of amides is 4. The minimum absolute atomic E-state index is 0.0807. The Morgan fingerprint density at radius 3 is 2.34 bits per heavy atom. The van der Waals surface area contributed by atoms with E-state index in [1.165, 1.54) is 11.8 Å². The maximum atomic E-state index is 13.0. The molecule has 11 nitrogen and oxygen atoms in total. The monoisotopic (exact) mass is 447 g/mol. The molecule has 32 heavy (non-hydrogen) atoms. The number of hydrogen-bond acceptors (Lipinski definition) is 6. The van der Waals surface area contributed by atoms with Crippen molar-refractivity contribution >= 4 is 29.6 Å². The molecule has 1 aliphatic rings. The topological polar surface area (TPSA) is 185 Å². The molecule has 174 valence electrons. The number of nitrogens with one attached hydrogen (secondary N) is 2. The van der Waals surface area contributed by atoms with Gasteiger partial charge < -0.3 is 32.1 Å². The number of primary amides is 1. The lowest BCUT2D eigenvalue weighted by Gasteiger charge is -2.29. The molecule has 4 unspecified atom stereocenters. The lowest BCUT2D eigenvalue weighted by Crippen LogP contribution is -2.57. The van der Waals surface area contributed by atoms with Crippen LogP contribution in [0.4, 0.5) is 0 Å². The Morgan fingerprint density at radius 2 is 1.78 bits per heavy atom. The molecular weight excluding hydrogens is 418 g/mol. The average Bonchev–Trinajstić information content (AvgIpc) is 3.22. The van der Waals surface area contributed by atoms with Crippen LogP contribution in [0.3, 0.4) is 0 Å². The van der Waals surface area contributed by atoms with Crippen LogP contribution in [0, 0.1) is 0 Å². The van der Waals surface area contributed by atoms with Gasteiger partial charge in [-0.1, -0.05) is 30.3 Å². The van der Waals surface area contributed by atoms with E-state index in [4.69, 9.17) is 11.5 Å². The second-order valence-electron chi connectivity index (χ2n) is 7.80. The van der Waals surface area contributed by atoms with Crippen molar-refractivity contribution in [2.24, 2.45) is 11.5 Å². The molecule has 4 amide bonds. The van der Waals surface area contributed by atoms with Crippen molar-refractivity contribution in [3.63, 3.8) is 0 Å². The van der Waals surface area contributed by atoms with Crippen LogP contribution in [0.5, 0.6) is 0 Å². The van der Waals surface area contributed by atoms with E-state index in [9.17, 15) is 29.1 Å². The van der Waals surface area contributed by atoms with E-state index >= 15 is 0 Å². The van der Waals surface area contributed by atoms with Crippen LogP contribution in [0.2, 0.25) is 0 Å². The normalized spacial score (nSPS) is 18.3. The van der Waals surface area contributed by atoms with Gasteiger partial charge in [-0.05, 0) is 25.3 Å². The number of carbonyl (C=O) groups is 5. The van der Waals surface area contributed by atoms with E-state index in [0.717, 1.165) is 5.56 Å². The minimum Gasteiger partial charge on any atom is -0.480 e. The lowest BCUT2D eigenvalue weighted by atomic mass is 10.0. The molecule has 0 bridgehead atoms. The van der Waals surface area contributed by atoms with Gasteiger partial charge in [-0.25, -0.2) is 4.79 Å². The number of nitrogens with two attached hydrogens (primary N) is 2. The maximum Gasteiger partial charge on any atom is 0.326 e. The highest BCUT2D eigenvalue weighted by molar-refractivity contribution is 5.96. The van der Waals surface area contributed by atoms with Crippen LogP contribution in [0.15, 0.2) is 30.3 Å². The third kappa shape index (κ3) is 6.77. The first-order valence-corrected chi connectivity index (χ1v) is 10.3. The second-order valence-corrected chi connectivity index (χ2v) is 7.80. The summed E-state index contributed by atoms with van der Waals surface area (Å²) in [7, 11) is 0. The van der Waals surface area contributed by atoms with E-state index in [2.05, 4.69) is 10.6 Å². The first kappa shape index (κ1) is 24.8. The standard InChI is InChI=1S/C21H29N5O6/c1-12(22)18(28)24-14(11-17(23)27)20(30)26-9-5-8-16(26)19(29)25-15(21(31)32)10-13-6-3-2-4-7-13/h2-4,6-7,12,14-16H,5,8-11,22H2,1H3,(H2,23,27)(H,24,28)(H,25,29)(H,31,32). The molecule has 0 radical (unpaired) electrons. The number of aliphatic carboxylic acids is 1. The number of rotatable bonds is 10. The Bertz CT molecular complexity index is 859. The van der Waals surface area contributed by atoms with Crippen molar-refractivity contribution in [3.05, 3.63) is 35.9 Å². The number of hydrogen-bond donors (Lipinski definition) is 5. The van der Waals surface area contributed by atoms with Crippen LogP contribution >= 0.6 is 0 Å². The first-order chi connectivity index (χ1) is 15.1. The Hall–Kier alpha value is -3.47. The molecule has 0 saturated carbocycles. The highest BCUT2D eigenvalue weighted by Crippen LogP contribution is 2.20. The van der Waals surface area contributed by atoms with E-state index in [1.54, 1.807) is 30.3 Å². The van der Waals surface area contributed by atoms with Crippen molar-refractivity contribution in [2.75, 3.05) is 6.54 Å². The Balaban J connectivity index is 2.12. The van der Waals surface area contributed by atoms with Crippen LogP contribution in [0.1, 0.15) is 31.7 Å². The van der Waals surface area contributed by atoms with Gasteiger partial charge >= 0.3 is 5.97 Å². The van der Waals surface area contributed by atoms with Gasteiger partial charge in [-0.3, -0.25) is 19.2 Å². The number of nitrogens with zero attached hydrogens (tertiary/aromatic N) is 1. The van der Waals surface area contributed by atoms with Crippen LogP contribution in [-0.4, -0.2) is 70.3 Å². The summed E-state index contributed by atoms with van der Waals surface area (Å²) in [4.78, 5) is 62.2. The predicted molar refractivity (Wildman–Crippen MR) is 114 cm³/mol. The molecule has 2 rings (SSSR count). The van der Waals surface area contributed by atoms with Gasteiger partial charge in [0.05, 0.1) is 12.5 Å². The maximum absolute atomic E-state index is 13.0. The fourth-order valence-electron chi connectivity index (χ4n) is 3.53. The van der Waals surface area contributed by atoms with Crippen molar-refractivity contribution < 1.29 is 29.1 Å². The zero-order valence-corrected chi connectivity index (χ0v) is 17.8. The summed E-state index contributed by atoms with van der Waals surface area (Å²) in [5.41, 5.74) is 11.5. The molecule has 0 aliphatic carbocycles. The fraction of sp³-hybridized carbons (Fsp3) is 0.476. The highest BCUT2D eigenvalue weighted by atomic mass is 16.4. The summed E-state index contributed by atoms with van der Waals surface area (Å²) in [6.07, 6.45) is 0.454. The summed E-state index contributed by atoms with van der Waals surface area (Å²) in [5, 5.41) is 14.4.